The van der Waals surface area contributed by atoms with Crippen LogP contribution >= 0.6 is 0 Å². The highest BCUT2D eigenvalue weighted by molar-refractivity contribution is 7.89. The van der Waals surface area contributed by atoms with Crippen molar-refractivity contribution in [3.8, 4) is 5.75 Å². The molecule has 0 amide bonds. The molecule has 0 saturated carbocycles. The monoisotopic (exact) mass is 496 g/mol. The van der Waals surface area contributed by atoms with Crippen molar-refractivity contribution >= 4 is 27.6 Å². The summed E-state index contributed by atoms with van der Waals surface area (Å²) in [4.78, 5) is 10.4. The minimum atomic E-state index is -3.98. The normalized spacial score (nSPS) is 14.6. The van der Waals surface area contributed by atoms with Gasteiger partial charge in [-0.2, -0.15) is 9.41 Å². The van der Waals surface area contributed by atoms with Crippen molar-refractivity contribution in [2.45, 2.75) is 11.5 Å². The van der Waals surface area contributed by atoms with Crippen LogP contribution in [-0.4, -0.2) is 50.2 Å². The highest BCUT2D eigenvalue weighted by Crippen LogP contribution is 2.29. The molecule has 3 aromatic rings. The quantitative estimate of drug-likeness (QED) is 0.272. The molecule has 1 aliphatic heterocycles. The average molecular weight is 497 g/mol. The number of nitrogens with zero attached hydrogens (tertiary/aromatic N) is 3. The summed E-state index contributed by atoms with van der Waals surface area (Å²) in [6, 6.07) is 20.7. The summed E-state index contributed by atoms with van der Waals surface area (Å²) in [5.74, 6) is 0.702. The van der Waals surface area contributed by atoms with E-state index in [4.69, 9.17) is 9.47 Å². The van der Waals surface area contributed by atoms with Gasteiger partial charge in [-0.3, -0.25) is 15.5 Å². The molecule has 1 N–H and O–H groups in total. The third kappa shape index (κ3) is 6.21. The number of anilines is 1. The second-order valence-corrected chi connectivity index (χ2v) is 9.57. The number of morpholine rings is 1. The molecule has 1 aliphatic rings. The first-order valence-corrected chi connectivity index (χ1v) is 12.3. The van der Waals surface area contributed by atoms with Crippen molar-refractivity contribution in [3.63, 3.8) is 0 Å². The fraction of sp³-hybridized carbons (Fsp3) is 0.208. The highest BCUT2D eigenvalue weighted by atomic mass is 32.2. The lowest BCUT2D eigenvalue weighted by Gasteiger charge is -2.26. The van der Waals surface area contributed by atoms with Crippen molar-refractivity contribution in [1.82, 2.24) is 4.31 Å². The molecular weight excluding hydrogens is 472 g/mol. The van der Waals surface area contributed by atoms with Crippen LogP contribution in [0.5, 0.6) is 5.75 Å². The van der Waals surface area contributed by atoms with Gasteiger partial charge >= 0.3 is 0 Å². The maximum atomic E-state index is 13.2. The molecule has 182 valence electrons. The zero-order valence-corrected chi connectivity index (χ0v) is 19.6. The molecule has 0 atom stereocenters. The fourth-order valence-electron chi connectivity index (χ4n) is 3.42. The number of non-ortho nitro benzene ring substituents is 1. The lowest BCUT2D eigenvalue weighted by Crippen LogP contribution is -2.40. The predicted octanol–water partition coefficient (Wildman–Crippen LogP) is 3.64. The van der Waals surface area contributed by atoms with Crippen LogP contribution in [0.25, 0.3) is 0 Å². The first kappa shape index (κ1) is 24.3. The fourth-order valence-corrected chi connectivity index (χ4v) is 4.99. The summed E-state index contributed by atoms with van der Waals surface area (Å²) < 4.78 is 38.6. The minimum absolute atomic E-state index is 0.140. The third-order valence-electron chi connectivity index (χ3n) is 5.29. The van der Waals surface area contributed by atoms with Crippen LogP contribution in [-0.2, 0) is 21.4 Å². The Morgan fingerprint density at radius 1 is 1.06 bits per heavy atom. The van der Waals surface area contributed by atoms with Crippen molar-refractivity contribution in [2.75, 3.05) is 31.7 Å². The van der Waals surface area contributed by atoms with E-state index in [1.165, 1.54) is 22.7 Å². The van der Waals surface area contributed by atoms with E-state index in [2.05, 4.69) is 10.5 Å². The van der Waals surface area contributed by atoms with Gasteiger partial charge in [0, 0.05) is 25.2 Å². The van der Waals surface area contributed by atoms with Crippen molar-refractivity contribution in [1.29, 1.82) is 0 Å². The number of ether oxygens (including phenoxy) is 2. The van der Waals surface area contributed by atoms with Gasteiger partial charge in [0.05, 0.1) is 30.0 Å². The van der Waals surface area contributed by atoms with E-state index in [1.807, 2.05) is 54.6 Å². The second kappa shape index (κ2) is 11.1. The number of benzene rings is 3. The Balaban J connectivity index is 1.46. The number of rotatable bonds is 9. The van der Waals surface area contributed by atoms with E-state index in [-0.39, 0.29) is 42.6 Å². The average Bonchev–Trinajstić information content (AvgIpc) is 2.89. The Morgan fingerprint density at radius 2 is 1.77 bits per heavy atom. The van der Waals surface area contributed by atoms with Crippen molar-refractivity contribution in [3.05, 3.63) is 94.0 Å². The van der Waals surface area contributed by atoms with Crippen LogP contribution in [0.15, 0.2) is 82.8 Å². The van der Waals surface area contributed by atoms with E-state index in [0.717, 1.165) is 17.2 Å². The summed E-state index contributed by atoms with van der Waals surface area (Å²) in [5.41, 5.74) is 4.35. The Morgan fingerprint density at radius 3 is 2.46 bits per heavy atom. The maximum absolute atomic E-state index is 13.2. The molecule has 0 bridgehead atoms. The molecule has 11 heteroatoms. The van der Waals surface area contributed by atoms with E-state index in [1.54, 1.807) is 0 Å². The smallest absolute Gasteiger partial charge is 0.270 e. The topological polar surface area (TPSA) is 123 Å². The number of sulfonamides is 1. The maximum Gasteiger partial charge on any atom is 0.270 e. The highest BCUT2D eigenvalue weighted by Gasteiger charge is 2.30. The molecule has 35 heavy (non-hydrogen) atoms. The van der Waals surface area contributed by atoms with E-state index in [9.17, 15) is 18.5 Å². The molecule has 1 fully saturated rings. The van der Waals surface area contributed by atoms with Crippen LogP contribution in [0.2, 0.25) is 0 Å². The first-order valence-electron chi connectivity index (χ1n) is 10.9. The molecule has 0 spiro atoms. The van der Waals surface area contributed by atoms with Gasteiger partial charge in [-0.15, -0.1) is 0 Å². The molecule has 3 aromatic carbocycles. The van der Waals surface area contributed by atoms with Gasteiger partial charge < -0.3 is 9.47 Å². The molecule has 4 rings (SSSR count). The first-order chi connectivity index (χ1) is 16.9. The lowest BCUT2D eigenvalue weighted by molar-refractivity contribution is -0.385. The van der Waals surface area contributed by atoms with Crippen LogP contribution in [0.3, 0.4) is 0 Å². The Labute approximate surface area is 203 Å². The van der Waals surface area contributed by atoms with E-state index < -0.39 is 14.9 Å². The van der Waals surface area contributed by atoms with E-state index >= 15 is 0 Å². The van der Waals surface area contributed by atoms with Crippen molar-refractivity contribution < 1.29 is 22.8 Å². The molecule has 0 aromatic heterocycles. The summed E-state index contributed by atoms with van der Waals surface area (Å²) in [7, 11) is -3.98. The van der Waals surface area contributed by atoms with Gasteiger partial charge in [-0.05, 0) is 41.5 Å². The van der Waals surface area contributed by atoms with Gasteiger partial charge in [0.2, 0.25) is 10.0 Å². The summed E-state index contributed by atoms with van der Waals surface area (Å²) >= 11 is 0. The Hall–Kier alpha value is -3.80. The number of nitro benzene ring substituents is 1. The summed E-state index contributed by atoms with van der Waals surface area (Å²) in [5, 5.41) is 15.4. The lowest BCUT2D eigenvalue weighted by atomic mass is 10.2. The standard InChI is InChI=1S/C24H24N4O6S/c29-28(30)21-8-11-23(24(16-21)35(31,32)27-12-14-33-15-13-27)26-25-17-19-6-9-22(10-7-19)34-18-20-4-2-1-3-5-20/h1-11,16-17,26H,12-15,18H2. The van der Waals surface area contributed by atoms with Crippen LogP contribution in [0, 0.1) is 10.1 Å². The molecule has 1 saturated heterocycles. The number of hydrogen-bond donors (Lipinski definition) is 1. The zero-order chi connectivity index (χ0) is 24.7. The van der Waals surface area contributed by atoms with Crippen LogP contribution in [0.4, 0.5) is 11.4 Å². The Bertz CT molecular complexity index is 1290. The second-order valence-electron chi connectivity index (χ2n) is 7.67. The summed E-state index contributed by atoms with van der Waals surface area (Å²) in [6.45, 7) is 1.33. The third-order valence-corrected chi connectivity index (χ3v) is 7.23. The van der Waals surface area contributed by atoms with Crippen molar-refractivity contribution in [2.24, 2.45) is 5.10 Å². The molecule has 1 heterocycles. The molecule has 0 unspecified atom stereocenters. The molecular formula is C24H24N4O6S. The van der Waals surface area contributed by atoms with Gasteiger partial charge in [0.1, 0.15) is 17.3 Å². The zero-order valence-electron chi connectivity index (χ0n) is 18.7. The van der Waals surface area contributed by atoms with Crippen LogP contribution < -0.4 is 10.2 Å². The van der Waals surface area contributed by atoms with Crippen LogP contribution in [0.1, 0.15) is 11.1 Å². The largest absolute Gasteiger partial charge is 0.489 e. The van der Waals surface area contributed by atoms with Gasteiger partial charge in [-0.25, -0.2) is 8.42 Å². The molecule has 10 nitrogen and oxygen atoms in total. The number of nitro groups is 1. The van der Waals surface area contributed by atoms with Gasteiger partial charge in [0.25, 0.3) is 5.69 Å². The SMILES string of the molecule is O=[N+]([O-])c1ccc(NN=Cc2ccc(OCc3ccccc3)cc2)c(S(=O)(=O)N2CCOCC2)c1. The van der Waals surface area contributed by atoms with E-state index in [0.29, 0.717) is 12.4 Å². The number of hydrogen-bond acceptors (Lipinski definition) is 8. The van der Waals surface area contributed by atoms with Gasteiger partial charge in [0.15, 0.2) is 0 Å². The number of hydrazone groups is 1. The van der Waals surface area contributed by atoms with Gasteiger partial charge in [-0.1, -0.05) is 30.3 Å². The summed E-state index contributed by atoms with van der Waals surface area (Å²) in [6.07, 6.45) is 1.52. The minimum Gasteiger partial charge on any atom is -0.489 e. The molecule has 0 radical (unpaired) electrons. The predicted molar refractivity (Wildman–Crippen MR) is 131 cm³/mol. The Kier molecular flexibility index (Phi) is 7.70. The molecule has 0 aliphatic carbocycles. The number of nitrogens with one attached hydrogen (secondary N) is 1.